The monoisotopic (exact) mass is 376 g/mol. The molecule has 130 valence electrons. The number of hydrogen-bond donors (Lipinski definition) is 1. The highest BCUT2D eigenvalue weighted by molar-refractivity contribution is 6.27. The van der Waals surface area contributed by atoms with Crippen molar-refractivity contribution in [2.45, 2.75) is 13.1 Å². The molecule has 1 aromatic heterocycles. The lowest BCUT2D eigenvalue weighted by Gasteiger charge is -2.11. The zero-order valence-electron chi connectivity index (χ0n) is 13.4. The normalized spacial score (nSPS) is 10.1. The summed E-state index contributed by atoms with van der Waals surface area (Å²) in [5.74, 6) is -0.200. The van der Waals surface area contributed by atoms with E-state index < -0.39 is 0 Å². The summed E-state index contributed by atoms with van der Waals surface area (Å²) in [6.07, 6.45) is 3.22. The number of nitrogens with one attached hydrogen (secondary N) is 1. The van der Waals surface area contributed by atoms with Crippen LogP contribution in [0.25, 0.3) is 11.1 Å². The molecule has 0 aliphatic heterocycles. The van der Waals surface area contributed by atoms with E-state index in [9.17, 15) is 4.79 Å². The second-order valence-corrected chi connectivity index (χ2v) is 5.62. The SMILES string of the molecule is Cl.O=C(CCl)NCc1ccccc1-c1ccc(Cn2cncn2)cc1. The Bertz CT molecular complexity index is 804. The summed E-state index contributed by atoms with van der Waals surface area (Å²) in [6.45, 7) is 1.15. The van der Waals surface area contributed by atoms with E-state index in [1.807, 2.05) is 18.2 Å². The molecule has 0 unspecified atom stereocenters. The van der Waals surface area contributed by atoms with E-state index in [4.69, 9.17) is 11.6 Å². The first kappa shape index (κ1) is 19.0. The van der Waals surface area contributed by atoms with Gasteiger partial charge in [0.05, 0.1) is 6.54 Å². The molecule has 0 saturated carbocycles. The number of carbonyl (C=O) groups is 1. The number of alkyl halides is 1. The van der Waals surface area contributed by atoms with Crippen LogP contribution >= 0.6 is 24.0 Å². The lowest BCUT2D eigenvalue weighted by molar-refractivity contribution is -0.118. The van der Waals surface area contributed by atoms with Gasteiger partial charge in [0.1, 0.15) is 18.5 Å². The van der Waals surface area contributed by atoms with Crippen LogP contribution in [-0.2, 0) is 17.9 Å². The summed E-state index contributed by atoms with van der Waals surface area (Å²) in [5.41, 5.74) is 4.41. The third kappa shape index (κ3) is 5.05. The molecule has 1 heterocycles. The minimum Gasteiger partial charge on any atom is -0.351 e. The van der Waals surface area contributed by atoms with Crippen LogP contribution in [0.4, 0.5) is 0 Å². The number of rotatable bonds is 6. The van der Waals surface area contributed by atoms with Gasteiger partial charge in [-0.2, -0.15) is 5.10 Å². The molecule has 1 N–H and O–H groups in total. The zero-order chi connectivity index (χ0) is 16.8. The highest BCUT2D eigenvalue weighted by atomic mass is 35.5. The van der Waals surface area contributed by atoms with E-state index in [-0.39, 0.29) is 24.2 Å². The van der Waals surface area contributed by atoms with E-state index in [1.165, 1.54) is 6.33 Å². The van der Waals surface area contributed by atoms with Crippen molar-refractivity contribution >= 4 is 29.9 Å². The van der Waals surface area contributed by atoms with Crippen molar-refractivity contribution in [3.8, 4) is 11.1 Å². The number of hydrogen-bond acceptors (Lipinski definition) is 3. The molecule has 0 fully saturated rings. The van der Waals surface area contributed by atoms with E-state index >= 15 is 0 Å². The second-order valence-electron chi connectivity index (χ2n) is 5.36. The third-order valence-corrected chi connectivity index (χ3v) is 3.93. The third-order valence-electron chi connectivity index (χ3n) is 3.69. The Kier molecular flexibility index (Phi) is 6.98. The fourth-order valence-electron chi connectivity index (χ4n) is 2.49. The number of aromatic nitrogens is 3. The average Bonchev–Trinajstić information content (AvgIpc) is 3.13. The largest absolute Gasteiger partial charge is 0.351 e. The number of amides is 1. The van der Waals surface area contributed by atoms with Gasteiger partial charge in [-0.25, -0.2) is 9.67 Å². The standard InChI is InChI=1S/C18H17ClN4O.ClH/c19-9-18(24)21-10-16-3-1-2-4-17(16)15-7-5-14(6-8-15)11-23-13-20-12-22-23;/h1-8,12-13H,9-11H2,(H,21,24);1H. The van der Waals surface area contributed by atoms with Crippen LogP contribution in [0.2, 0.25) is 0 Å². The molecule has 0 radical (unpaired) electrons. The summed E-state index contributed by atoms with van der Waals surface area (Å²) >= 11 is 5.53. The topological polar surface area (TPSA) is 59.8 Å². The zero-order valence-corrected chi connectivity index (χ0v) is 15.0. The molecule has 25 heavy (non-hydrogen) atoms. The van der Waals surface area contributed by atoms with Crippen molar-refractivity contribution in [3.63, 3.8) is 0 Å². The van der Waals surface area contributed by atoms with E-state index in [1.54, 1.807) is 11.0 Å². The Morgan fingerprint density at radius 2 is 1.88 bits per heavy atom. The maximum absolute atomic E-state index is 11.4. The highest BCUT2D eigenvalue weighted by Crippen LogP contribution is 2.24. The van der Waals surface area contributed by atoms with E-state index in [0.29, 0.717) is 13.1 Å². The quantitative estimate of drug-likeness (QED) is 0.671. The minimum absolute atomic E-state index is 0. The Labute approximate surface area is 157 Å². The molecule has 3 aromatic rings. The fraction of sp³-hybridized carbons (Fsp3) is 0.167. The molecule has 0 spiro atoms. The second kappa shape index (κ2) is 9.20. The summed E-state index contributed by atoms with van der Waals surface area (Å²) < 4.78 is 1.78. The predicted molar refractivity (Wildman–Crippen MR) is 101 cm³/mol. The Morgan fingerprint density at radius 1 is 1.12 bits per heavy atom. The van der Waals surface area contributed by atoms with Gasteiger partial charge in [-0.05, 0) is 22.3 Å². The molecule has 0 saturated heterocycles. The minimum atomic E-state index is -0.172. The van der Waals surface area contributed by atoms with Crippen molar-refractivity contribution in [1.82, 2.24) is 20.1 Å². The van der Waals surface area contributed by atoms with E-state index in [0.717, 1.165) is 22.3 Å². The highest BCUT2D eigenvalue weighted by Gasteiger charge is 2.06. The molecule has 1 amide bonds. The van der Waals surface area contributed by atoms with Gasteiger partial charge in [0.15, 0.2) is 0 Å². The van der Waals surface area contributed by atoms with Gasteiger partial charge in [0.25, 0.3) is 0 Å². The number of nitrogens with zero attached hydrogens (tertiary/aromatic N) is 3. The Morgan fingerprint density at radius 3 is 2.56 bits per heavy atom. The Hall–Kier alpha value is -2.37. The van der Waals surface area contributed by atoms with Crippen molar-refractivity contribution in [2.75, 3.05) is 5.88 Å². The average molecular weight is 377 g/mol. The van der Waals surface area contributed by atoms with Gasteiger partial charge in [-0.3, -0.25) is 4.79 Å². The van der Waals surface area contributed by atoms with Crippen molar-refractivity contribution in [2.24, 2.45) is 0 Å². The van der Waals surface area contributed by atoms with Crippen LogP contribution in [0.3, 0.4) is 0 Å². The number of benzene rings is 2. The molecule has 0 aliphatic carbocycles. The summed E-state index contributed by atoms with van der Waals surface area (Å²) in [5, 5.41) is 6.92. The van der Waals surface area contributed by atoms with Crippen LogP contribution in [-0.4, -0.2) is 26.6 Å². The first-order valence-corrected chi connectivity index (χ1v) is 8.12. The van der Waals surface area contributed by atoms with Gasteiger partial charge < -0.3 is 5.32 Å². The van der Waals surface area contributed by atoms with Gasteiger partial charge in [0, 0.05) is 6.54 Å². The van der Waals surface area contributed by atoms with Crippen LogP contribution in [0, 0.1) is 0 Å². The summed E-state index contributed by atoms with van der Waals surface area (Å²) in [4.78, 5) is 15.3. The molecule has 7 heteroatoms. The fourth-order valence-corrected chi connectivity index (χ4v) is 2.58. The van der Waals surface area contributed by atoms with Gasteiger partial charge in [-0.1, -0.05) is 48.5 Å². The maximum atomic E-state index is 11.4. The van der Waals surface area contributed by atoms with Crippen LogP contribution in [0.1, 0.15) is 11.1 Å². The van der Waals surface area contributed by atoms with Crippen molar-refractivity contribution in [1.29, 1.82) is 0 Å². The first-order chi connectivity index (χ1) is 11.8. The molecule has 0 atom stereocenters. The molecule has 3 rings (SSSR count). The Balaban J connectivity index is 0.00000225. The number of halogens is 2. The lowest BCUT2D eigenvalue weighted by atomic mass is 9.98. The molecular formula is C18H18Cl2N4O. The van der Waals surface area contributed by atoms with Crippen molar-refractivity contribution in [3.05, 3.63) is 72.3 Å². The molecule has 0 aliphatic rings. The van der Waals surface area contributed by atoms with Gasteiger partial charge >= 0.3 is 0 Å². The summed E-state index contributed by atoms with van der Waals surface area (Å²) in [7, 11) is 0. The number of carbonyl (C=O) groups excluding carboxylic acids is 1. The molecule has 0 bridgehead atoms. The van der Waals surface area contributed by atoms with Crippen molar-refractivity contribution < 1.29 is 4.79 Å². The van der Waals surface area contributed by atoms with E-state index in [2.05, 4.69) is 45.7 Å². The van der Waals surface area contributed by atoms with Crippen LogP contribution < -0.4 is 5.32 Å². The lowest BCUT2D eigenvalue weighted by Crippen LogP contribution is -2.23. The smallest absolute Gasteiger partial charge is 0.235 e. The predicted octanol–water partition coefficient (Wildman–Crippen LogP) is 3.27. The first-order valence-electron chi connectivity index (χ1n) is 7.58. The molecular weight excluding hydrogens is 359 g/mol. The summed E-state index contributed by atoms with van der Waals surface area (Å²) in [6, 6.07) is 16.3. The van der Waals surface area contributed by atoms with Gasteiger partial charge in [0.2, 0.25) is 5.91 Å². The van der Waals surface area contributed by atoms with Gasteiger partial charge in [-0.15, -0.1) is 24.0 Å². The maximum Gasteiger partial charge on any atom is 0.235 e. The van der Waals surface area contributed by atoms with Crippen LogP contribution in [0.5, 0.6) is 0 Å². The van der Waals surface area contributed by atoms with Crippen LogP contribution in [0.15, 0.2) is 61.2 Å². The molecule has 5 nitrogen and oxygen atoms in total. The molecule has 2 aromatic carbocycles.